The van der Waals surface area contributed by atoms with Crippen molar-refractivity contribution < 1.29 is 4.79 Å². The first-order valence-electron chi connectivity index (χ1n) is 3.38. The normalized spacial score (nSPS) is 9.83. The number of hydrogen-bond donors (Lipinski definition) is 2. The summed E-state index contributed by atoms with van der Waals surface area (Å²) >= 11 is 5.77. The van der Waals surface area contributed by atoms with Gasteiger partial charge < -0.3 is 11.5 Å². The Hall–Kier alpha value is -1.22. The summed E-state index contributed by atoms with van der Waals surface area (Å²) < 4.78 is 0. The topological polar surface area (TPSA) is 69.1 Å². The number of halogens is 1. The number of rotatable bonds is 1. The molecule has 0 saturated heterocycles. The minimum atomic E-state index is -0.561. The van der Waals surface area contributed by atoms with Crippen molar-refractivity contribution in [2.45, 2.75) is 6.92 Å². The van der Waals surface area contributed by atoms with Crippen molar-refractivity contribution in [1.82, 2.24) is 0 Å². The molecule has 0 aromatic heterocycles. The predicted molar refractivity (Wildman–Crippen MR) is 49.1 cm³/mol. The average molecular weight is 185 g/mol. The molecule has 0 bridgehead atoms. The lowest BCUT2D eigenvalue weighted by atomic mass is 10.1. The molecule has 0 saturated carbocycles. The molecule has 0 aliphatic rings. The van der Waals surface area contributed by atoms with Crippen molar-refractivity contribution in [1.29, 1.82) is 0 Å². The van der Waals surface area contributed by atoms with Crippen LogP contribution in [-0.4, -0.2) is 5.91 Å². The Morgan fingerprint density at radius 2 is 2.08 bits per heavy atom. The van der Waals surface area contributed by atoms with Gasteiger partial charge in [-0.05, 0) is 24.6 Å². The number of carbonyl (C=O) groups excluding carboxylic acids is 1. The summed E-state index contributed by atoms with van der Waals surface area (Å²) in [6.07, 6.45) is 0. The molecule has 0 aliphatic heterocycles. The van der Waals surface area contributed by atoms with Gasteiger partial charge in [0.2, 0.25) is 0 Å². The van der Waals surface area contributed by atoms with Crippen LogP contribution in [0.25, 0.3) is 0 Å². The number of aryl methyl sites for hydroxylation is 1. The number of benzene rings is 1. The van der Waals surface area contributed by atoms with Gasteiger partial charge in [0.1, 0.15) is 0 Å². The summed E-state index contributed by atoms with van der Waals surface area (Å²) in [6, 6.07) is 3.11. The van der Waals surface area contributed by atoms with Gasteiger partial charge in [-0.2, -0.15) is 0 Å². The van der Waals surface area contributed by atoms with Crippen molar-refractivity contribution >= 4 is 23.2 Å². The average Bonchev–Trinajstić information content (AvgIpc) is 1.96. The van der Waals surface area contributed by atoms with Crippen LogP contribution in [0, 0.1) is 6.92 Å². The van der Waals surface area contributed by atoms with E-state index in [2.05, 4.69) is 0 Å². The van der Waals surface area contributed by atoms with Crippen LogP contribution in [0.15, 0.2) is 12.1 Å². The molecule has 0 unspecified atom stereocenters. The molecule has 0 heterocycles. The molecule has 1 rings (SSSR count). The zero-order valence-corrected chi connectivity index (χ0v) is 7.35. The molecule has 0 spiro atoms. The Labute approximate surface area is 75.3 Å². The second-order valence-corrected chi connectivity index (χ2v) is 2.96. The van der Waals surface area contributed by atoms with E-state index in [-0.39, 0.29) is 5.56 Å². The molecular formula is C8H9ClN2O. The minimum absolute atomic E-state index is 0.269. The van der Waals surface area contributed by atoms with E-state index in [0.717, 1.165) is 5.56 Å². The van der Waals surface area contributed by atoms with Crippen molar-refractivity contribution in [3.63, 3.8) is 0 Å². The van der Waals surface area contributed by atoms with E-state index in [1.54, 1.807) is 6.07 Å². The van der Waals surface area contributed by atoms with E-state index < -0.39 is 5.91 Å². The number of nitrogen functional groups attached to an aromatic ring is 1. The Bertz CT molecular complexity index is 336. The van der Waals surface area contributed by atoms with E-state index in [9.17, 15) is 4.79 Å². The first-order valence-corrected chi connectivity index (χ1v) is 3.75. The maximum absolute atomic E-state index is 10.8. The lowest BCUT2D eigenvalue weighted by Crippen LogP contribution is -2.13. The van der Waals surface area contributed by atoms with Crippen LogP contribution in [0.3, 0.4) is 0 Å². The Kier molecular flexibility index (Phi) is 2.24. The van der Waals surface area contributed by atoms with E-state index in [0.29, 0.717) is 10.7 Å². The number of nitrogens with two attached hydrogens (primary N) is 2. The van der Waals surface area contributed by atoms with Crippen molar-refractivity contribution in [3.05, 3.63) is 28.3 Å². The molecule has 0 fully saturated rings. The summed E-state index contributed by atoms with van der Waals surface area (Å²) in [5.74, 6) is -0.561. The molecule has 0 radical (unpaired) electrons. The fourth-order valence-corrected chi connectivity index (χ4v) is 1.08. The quantitative estimate of drug-likeness (QED) is 0.647. The van der Waals surface area contributed by atoms with Gasteiger partial charge in [0.05, 0.1) is 5.56 Å². The van der Waals surface area contributed by atoms with E-state index in [1.165, 1.54) is 6.07 Å². The summed E-state index contributed by atoms with van der Waals surface area (Å²) in [5, 5.41) is 0.498. The summed E-state index contributed by atoms with van der Waals surface area (Å²) in [7, 11) is 0. The molecule has 64 valence electrons. The highest BCUT2D eigenvalue weighted by Crippen LogP contribution is 2.21. The van der Waals surface area contributed by atoms with Gasteiger partial charge in [0, 0.05) is 10.7 Å². The molecule has 1 aromatic rings. The van der Waals surface area contributed by atoms with Gasteiger partial charge in [-0.25, -0.2) is 0 Å². The molecule has 0 aliphatic carbocycles. The first-order chi connectivity index (χ1) is 5.52. The van der Waals surface area contributed by atoms with Gasteiger partial charge in [0.15, 0.2) is 0 Å². The van der Waals surface area contributed by atoms with E-state index >= 15 is 0 Å². The molecule has 4 N–H and O–H groups in total. The van der Waals surface area contributed by atoms with Gasteiger partial charge in [-0.15, -0.1) is 0 Å². The number of primary amides is 1. The second-order valence-electron chi connectivity index (χ2n) is 2.55. The van der Waals surface area contributed by atoms with Crippen LogP contribution in [0.1, 0.15) is 15.9 Å². The maximum atomic E-state index is 10.8. The molecule has 4 heteroatoms. The molecule has 1 aromatic carbocycles. The lowest BCUT2D eigenvalue weighted by molar-refractivity contribution is 0.100. The summed E-state index contributed by atoms with van der Waals surface area (Å²) in [4.78, 5) is 10.8. The third kappa shape index (κ3) is 1.51. The third-order valence-electron chi connectivity index (χ3n) is 1.60. The number of hydrogen-bond acceptors (Lipinski definition) is 2. The van der Waals surface area contributed by atoms with Crippen molar-refractivity contribution in [3.8, 4) is 0 Å². The fourth-order valence-electron chi connectivity index (χ4n) is 0.917. The molecule has 12 heavy (non-hydrogen) atoms. The Morgan fingerprint density at radius 1 is 1.50 bits per heavy atom. The van der Waals surface area contributed by atoms with Crippen molar-refractivity contribution in [2.24, 2.45) is 5.73 Å². The molecule has 3 nitrogen and oxygen atoms in total. The van der Waals surface area contributed by atoms with E-state index in [1.807, 2.05) is 6.92 Å². The van der Waals surface area contributed by atoms with Crippen LogP contribution < -0.4 is 11.5 Å². The largest absolute Gasteiger partial charge is 0.398 e. The van der Waals surface area contributed by atoms with Gasteiger partial charge in [-0.3, -0.25) is 4.79 Å². The van der Waals surface area contributed by atoms with Gasteiger partial charge in [0.25, 0.3) is 5.91 Å². The summed E-state index contributed by atoms with van der Waals surface area (Å²) in [5.41, 5.74) is 12.1. The fraction of sp³-hybridized carbons (Fsp3) is 0.125. The summed E-state index contributed by atoms with van der Waals surface area (Å²) in [6.45, 7) is 1.81. The van der Waals surface area contributed by atoms with Gasteiger partial charge in [-0.1, -0.05) is 11.6 Å². The van der Waals surface area contributed by atoms with Gasteiger partial charge >= 0.3 is 0 Å². The van der Waals surface area contributed by atoms with Crippen LogP contribution in [0.2, 0.25) is 5.02 Å². The zero-order chi connectivity index (χ0) is 9.30. The highest BCUT2D eigenvalue weighted by atomic mass is 35.5. The highest BCUT2D eigenvalue weighted by molar-refractivity contribution is 6.31. The first kappa shape index (κ1) is 8.87. The zero-order valence-electron chi connectivity index (χ0n) is 6.60. The number of carbonyl (C=O) groups is 1. The third-order valence-corrected chi connectivity index (χ3v) is 2.00. The molecule has 1 amide bonds. The smallest absolute Gasteiger partial charge is 0.250 e. The molecular weight excluding hydrogens is 176 g/mol. The Balaban J connectivity index is 3.33. The van der Waals surface area contributed by atoms with E-state index in [4.69, 9.17) is 23.1 Å². The number of amides is 1. The predicted octanol–water partition coefficient (Wildman–Crippen LogP) is 1.33. The van der Waals surface area contributed by atoms with Crippen LogP contribution in [-0.2, 0) is 0 Å². The van der Waals surface area contributed by atoms with Crippen LogP contribution in [0.4, 0.5) is 5.69 Å². The van der Waals surface area contributed by atoms with Crippen molar-refractivity contribution in [2.75, 3.05) is 5.73 Å². The number of anilines is 1. The van der Waals surface area contributed by atoms with Crippen LogP contribution >= 0.6 is 11.6 Å². The Morgan fingerprint density at radius 3 is 2.58 bits per heavy atom. The standard InChI is InChI=1S/C8H9ClN2O/c1-4-2-7(10)5(8(11)12)3-6(4)9/h2-3H,10H2,1H3,(H2,11,12). The van der Waals surface area contributed by atoms with Crippen LogP contribution in [0.5, 0.6) is 0 Å². The highest BCUT2D eigenvalue weighted by Gasteiger charge is 2.07. The second kappa shape index (κ2) is 3.03. The SMILES string of the molecule is Cc1cc(N)c(C(N)=O)cc1Cl. The lowest BCUT2D eigenvalue weighted by Gasteiger charge is -2.04. The maximum Gasteiger partial charge on any atom is 0.250 e. The molecule has 0 atom stereocenters. The minimum Gasteiger partial charge on any atom is -0.398 e. The monoisotopic (exact) mass is 184 g/mol.